The number of piperazine rings is 1. The third-order valence-corrected chi connectivity index (χ3v) is 9.28. The zero-order valence-corrected chi connectivity index (χ0v) is 26.0. The Bertz CT molecular complexity index is 1590. The van der Waals surface area contributed by atoms with Crippen LogP contribution in [0.5, 0.6) is 11.5 Å². The lowest BCUT2D eigenvalue weighted by Gasteiger charge is -2.40. The number of carbonyl (C=O) groups is 3. The molecule has 9 heteroatoms. The van der Waals surface area contributed by atoms with Crippen molar-refractivity contribution in [3.63, 3.8) is 0 Å². The molecule has 3 aliphatic rings. The molecule has 230 valence electrons. The summed E-state index contributed by atoms with van der Waals surface area (Å²) < 4.78 is 10.8. The smallest absolute Gasteiger partial charge is 0.263 e. The van der Waals surface area contributed by atoms with E-state index < -0.39 is 0 Å². The van der Waals surface area contributed by atoms with Crippen LogP contribution in [0.4, 0.5) is 11.4 Å². The summed E-state index contributed by atoms with van der Waals surface area (Å²) in [6.07, 6.45) is 1.43. The number of hydrogen-bond donors (Lipinski definition) is 0. The summed E-state index contributed by atoms with van der Waals surface area (Å²) >= 11 is 0. The van der Waals surface area contributed by atoms with Crippen molar-refractivity contribution >= 4 is 29.1 Å². The number of carbonyl (C=O) groups excluding carboxylic acids is 3. The highest BCUT2D eigenvalue weighted by atomic mass is 16.5. The van der Waals surface area contributed by atoms with Gasteiger partial charge in [0.25, 0.3) is 11.8 Å². The van der Waals surface area contributed by atoms with Gasteiger partial charge in [0.05, 0.1) is 37.6 Å². The van der Waals surface area contributed by atoms with E-state index in [2.05, 4.69) is 41.8 Å². The molecule has 0 radical (unpaired) electrons. The van der Waals surface area contributed by atoms with Crippen LogP contribution in [0.3, 0.4) is 0 Å². The minimum Gasteiger partial charge on any atom is -0.497 e. The summed E-state index contributed by atoms with van der Waals surface area (Å²) in [5.74, 6) is 0.769. The van der Waals surface area contributed by atoms with Crippen molar-refractivity contribution in [1.82, 2.24) is 9.80 Å². The van der Waals surface area contributed by atoms with E-state index in [1.165, 1.54) is 21.7 Å². The number of imide groups is 1. The van der Waals surface area contributed by atoms with Crippen LogP contribution in [0.1, 0.15) is 50.2 Å². The van der Waals surface area contributed by atoms with E-state index >= 15 is 0 Å². The van der Waals surface area contributed by atoms with Gasteiger partial charge in [0.1, 0.15) is 11.5 Å². The molecule has 3 amide bonds. The Kier molecular flexibility index (Phi) is 8.21. The normalized spacial score (nSPS) is 17.3. The standard InChI is InChI=1S/C35H40N4O5/c1-23-8-9-24(2)30(20-23)37-16-18-38(19-17-37)33(40)25-12-14-36(15-13-25)29-7-5-6-28-32(29)35(42)39(34(28)41)22-26-10-11-27(43-3)21-31(26)44-4/h5-11,20-21,25H,12-19,22H2,1-4H3. The van der Waals surface area contributed by atoms with Crippen LogP contribution in [0.25, 0.3) is 0 Å². The van der Waals surface area contributed by atoms with E-state index in [4.69, 9.17) is 9.47 Å². The van der Waals surface area contributed by atoms with Gasteiger partial charge in [-0.3, -0.25) is 19.3 Å². The second-order valence-electron chi connectivity index (χ2n) is 11.9. The monoisotopic (exact) mass is 596 g/mol. The highest BCUT2D eigenvalue weighted by Gasteiger charge is 2.40. The van der Waals surface area contributed by atoms with Crippen molar-refractivity contribution < 1.29 is 23.9 Å². The van der Waals surface area contributed by atoms with Gasteiger partial charge in [0, 0.05) is 62.5 Å². The molecule has 0 atom stereocenters. The number of methoxy groups -OCH3 is 2. The molecular formula is C35H40N4O5. The average molecular weight is 597 g/mol. The molecular weight excluding hydrogens is 556 g/mol. The second kappa shape index (κ2) is 12.2. The predicted molar refractivity (Wildman–Crippen MR) is 170 cm³/mol. The van der Waals surface area contributed by atoms with E-state index in [1.807, 2.05) is 23.1 Å². The average Bonchev–Trinajstić information content (AvgIpc) is 3.30. The van der Waals surface area contributed by atoms with Gasteiger partial charge in [0.15, 0.2) is 0 Å². The van der Waals surface area contributed by atoms with E-state index in [9.17, 15) is 14.4 Å². The third kappa shape index (κ3) is 5.47. The summed E-state index contributed by atoms with van der Waals surface area (Å²) in [4.78, 5) is 48.5. The maximum atomic E-state index is 13.7. The van der Waals surface area contributed by atoms with Crippen molar-refractivity contribution in [2.45, 2.75) is 33.2 Å². The lowest BCUT2D eigenvalue weighted by atomic mass is 9.93. The highest BCUT2D eigenvalue weighted by molar-refractivity contribution is 6.23. The molecule has 0 aliphatic carbocycles. The molecule has 3 aromatic rings. The fraction of sp³-hybridized carbons (Fsp3) is 0.400. The molecule has 44 heavy (non-hydrogen) atoms. The van der Waals surface area contributed by atoms with E-state index in [-0.39, 0.29) is 30.2 Å². The Balaban J connectivity index is 1.09. The Morgan fingerprint density at radius 1 is 0.795 bits per heavy atom. The lowest BCUT2D eigenvalue weighted by Crippen LogP contribution is -2.52. The van der Waals surface area contributed by atoms with Crippen LogP contribution in [0, 0.1) is 19.8 Å². The number of anilines is 2. The molecule has 9 nitrogen and oxygen atoms in total. The summed E-state index contributed by atoms with van der Waals surface area (Å²) in [5, 5.41) is 0. The number of nitrogens with zero attached hydrogens (tertiary/aromatic N) is 4. The van der Waals surface area contributed by atoms with Crippen molar-refractivity contribution in [3.8, 4) is 11.5 Å². The first kappa shape index (κ1) is 29.5. The number of aryl methyl sites for hydroxylation is 2. The Morgan fingerprint density at radius 2 is 1.52 bits per heavy atom. The van der Waals surface area contributed by atoms with Gasteiger partial charge >= 0.3 is 0 Å². The van der Waals surface area contributed by atoms with Crippen LogP contribution >= 0.6 is 0 Å². The SMILES string of the molecule is COc1ccc(CN2C(=O)c3cccc(N4CCC(C(=O)N5CCN(c6cc(C)ccc6C)CC5)CC4)c3C2=O)c(OC)c1. The topological polar surface area (TPSA) is 82.6 Å². The lowest BCUT2D eigenvalue weighted by molar-refractivity contribution is -0.136. The molecule has 0 unspecified atom stereocenters. The summed E-state index contributed by atoms with van der Waals surface area (Å²) in [5.41, 5.74) is 6.11. The molecule has 0 saturated carbocycles. The second-order valence-corrected chi connectivity index (χ2v) is 11.9. The summed E-state index contributed by atoms with van der Waals surface area (Å²) in [6, 6.07) is 17.4. The van der Waals surface area contributed by atoms with Crippen molar-refractivity contribution in [1.29, 1.82) is 0 Å². The number of piperidine rings is 1. The molecule has 0 aromatic heterocycles. The van der Waals surface area contributed by atoms with Crippen LogP contribution in [0.15, 0.2) is 54.6 Å². The van der Waals surface area contributed by atoms with Gasteiger partial charge in [-0.2, -0.15) is 0 Å². The number of ether oxygens (including phenoxy) is 2. The van der Waals surface area contributed by atoms with Crippen LogP contribution in [0.2, 0.25) is 0 Å². The van der Waals surface area contributed by atoms with Crippen molar-refractivity contribution in [3.05, 3.63) is 82.4 Å². The summed E-state index contributed by atoms with van der Waals surface area (Å²) in [6.45, 7) is 8.79. The summed E-state index contributed by atoms with van der Waals surface area (Å²) in [7, 11) is 3.13. The fourth-order valence-corrected chi connectivity index (χ4v) is 6.73. The first-order valence-electron chi connectivity index (χ1n) is 15.3. The molecule has 3 aliphatic heterocycles. The molecule has 6 rings (SSSR count). The van der Waals surface area contributed by atoms with Crippen molar-refractivity contribution in [2.24, 2.45) is 5.92 Å². The van der Waals surface area contributed by atoms with Gasteiger partial charge in [-0.1, -0.05) is 18.2 Å². The highest BCUT2D eigenvalue weighted by Crippen LogP contribution is 2.36. The molecule has 0 spiro atoms. The molecule has 3 heterocycles. The Hall–Kier alpha value is -4.53. The minimum atomic E-state index is -0.310. The van der Waals surface area contributed by atoms with Gasteiger partial charge in [-0.15, -0.1) is 0 Å². The number of benzene rings is 3. The van der Waals surface area contributed by atoms with Gasteiger partial charge in [0.2, 0.25) is 5.91 Å². The minimum absolute atomic E-state index is 0.0355. The first-order valence-corrected chi connectivity index (χ1v) is 15.3. The Labute approximate surface area is 258 Å². The fourth-order valence-electron chi connectivity index (χ4n) is 6.73. The van der Waals surface area contributed by atoms with Crippen LogP contribution < -0.4 is 19.3 Å². The third-order valence-electron chi connectivity index (χ3n) is 9.28. The largest absolute Gasteiger partial charge is 0.497 e. The first-order chi connectivity index (χ1) is 21.3. The number of fused-ring (bicyclic) bond motifs is 1. The number of rotatable bonds is 7. The predicted octanol–water partition coefficient (Wildman–Crippen LogP) is 4.68. The van der Waals surface area contributed by atoms with Gasteiger partial charge in [-0.05, 0) is 68.1 Å². The van der Waals surface area contributed by atoms with Gasteiger partial charge in [-0.25, -0.2) is 0 Å². The maximum Gasteiger partial charge on any atom is 0.263 e. The Morgan fingerprint density at radius 3 is 2.23 bits per heavy atom. The maximum absolute atomic E-state index is 13.7. The zero-order chi connectivity index (χ0) is 31.0. The van der Waals surface area contributed by atoms with Crippen molar-refractivity contribution in [2.75, 3.05) is 63.3 Å². The quantitative estimate of drug-likeness (QED) is 0.367. The van der Waals surface area contributed by atoms with Crippen LogP contribution in [-0.2, 0) is 11.3 Å². The molecule has 0 N–H and O–H groups in total. The van der Waals surface area contributed by atoms with Crippen LogP contribution in [-0.4, -0.2) is 81.0 Å². The van der Waals surface area contributed by atoms with E-state index in [0.717, 1.165) is 37.4 Å². The molecule has 0 bridgehead atoms. The number of hydrogen-bond acceptors (Lipinski definition) is 7. The number of amides is 3. The van der Waals surface area contributed by atoms with E-state index in [0.29, 0.717) is 48.6 Å². The molecule has 2 saturated heterocycles. The van der Waals surface area contributed by atoms with Gasteiger partial charge < -0.3 is 24.2 Å². The molecule has 2 fully saturated rings. The molecule has 3 aromatic carbocycles. The zero-order valence-electron chi connectivity index (χ0n) is 26.0. The van der Waals surface area contributed by atoms with E-state index in [1.54, 1.807) is 32.4 Å².